The second-order valence-electron chi connectivity index (χ2n) is 6.92. The second kappa shape index (κ2) is 11.4. The molecule has 1 aliphatic carbocycles. The molecule has 6 heteroatoms. The number of carbonyl (C=O) groups is 3. The molecule has 0 saturated heterocycles. The highest BCUT2D eigenvalue weighted by Gasteiger charge is 2.28. The molecule has 1 N–H and O–H groups in total. The Morgan fingerprint density at radius 3 is 2.44 bits per heavy atom. The zero-order chi connectivity index (χ0) is 19.5. The molecule has 1 aromatic carbocycles. The van der Waals surface area contributed by atoms with Crippen molar-refractivity contribution < 1.29 is 19.1 Å². The van der Waals surface area contributed by atoms with E-state index in [1.54, 1.807) is 6.92 Å². The summed E-state index contributed by atoms with van der Waals surface area (Å²) in [5, 5.41) is 2.84. The third kappa shape index (κ3) is 7.41. The molecule has 1 saturated carbocycles. The average molecular weight is 374 g/mol. The van der Waals surface area contributed by atoms with E-state index in [2.05, 4.69) is 5.32 Å². The molecule has 1 fully saturated rings. The van der Waals surface area contributed by atoms with E-state index in [-0.39, 0.29) is 37.4 Å². The lowest BCUT2D eigenvalue weighted by Gasteiger charge is -2.28. The van der Waals surface area contributed by atoms with Crippen LogP contribution in [0.15, 0.2) is 30.3 Å². The topological polar surface area (TPSA) is 75.7 Å². The molecule has 148 valence electrons. The van der Waals surface area contributed by atoms with Gasteiger partial charge in [0.1, 0.15) is 13.1 Å². The molecule has 6 nitrogen and oxygen atoms in total. The minimum atomic E-state index is -0.473. The van der Waals surface area contributed by atoms with Gasteiger partial charge in [-0.1, -0.05) is 49.6 Å². The molecule has 1 aliphatic rings. The first-order chi connectivity index (χ1) is 13.1. The lowest BCUT2D eigenvalue weighted by molar-refractivity contribution is -0.151. The van der Waals surface area contributed by atoms with Crippen LogP contribution >= 0.6 is 0 Å². The number of rotatable bonds is 9. The van der Waals surface area contributed by atoms with Gasteiger partial charge in [0.05, 0.1) is 6.61 Å². The number of benzene rings is 1. The van der Waals surface area contributed by atoms with Crippen molar-refractivity contribution in [1.82, 2.24) is 10.2 Å². The maximum atomic E-state index is 12.8. The van der Waals surface area contributed by atoms with Crippen LogP contribution in [0.3, 0.4) is 0 Å². The predicted molar refractivity (Wildman–Crippen MR) is 103 cm³/mol. The summed E-state index contributed by atoms with van der Waals surface area (Å²) in [4.78, 5) is 38.3. The molecule has 0 aromatic heterocycles. The van der Waals surface area contributed by atoms with Gasteiger partial charge in [-0.2, -0.15) is 0 Å². The third-order valence-electron chi connectivity index (χ3n) is 4.80. The van der Waals surface area contributed by atoms with Crippen molar-refractivity contribution in [3.8, 4) is 0 Å². The molecular weight excluding hydrogens is 344 g/mol. The Kier molecular flexibility index (Phi) is 8.81. The number of ether oxygens (including phenoxy) is 1. The highest BCUT2D eigenvalue weighted by molar-refractivity contribution is 5.88. The van der Waals surface area contributed by atoms with Crippen LogP contribution in [-0.4, -0.2) is 48.9 Å². The van der Waals surface area contributed by atoms with Crippen LogP contribution in [0.4, 0.5) is 0 Å². The second-order valence-corrected chi connectivity index (χ2v) is 6.92. The number of esters is 1. The fourth-order valence-corrected chi connectivity index (χ4v) is 3.40. The van der Waals surface area contributed by atoms with Crippen molar-refractivity contribution in [2.45, 2.75) is 45.4 Å². The quantitative estimate of drug-likeness (QED) is 0.673. The molecule has 0 bridgehead atoms. The van der Waals surface area contributed by atoms with E-state index in [1.165, 1.54) is 4.90 Å². The molecule has 1 aromatic rings. The van der Waals surface area contributed by atoms with Gasteiger partial charge in [-0.25, -0.2) is 0 Å². The summed E-state index contributed by atoms with van der Waals surface area (Å²) in [7, 11) is 0. The van der Waals surface area contributed by atoms with Gasteiger partial charge in [-0.05, 0) is 31.7 Å². The summed E-state index contributed by atoms with van der Waals surface area (Å²) >= 11 is 0. The minimum Gasteiger partial charge on any atom is -0.465 e. The molecule has 0 aliphatic heterocycles. The number of nitrogens with one attached hydrogen (secondary N) is 1. The average Bonchev–Trinajstić information content (AvgIpc) is 2.68. The fourth-order valence-electron chi connectivity index (χ4n) is 3.40. The fraction of sp³-hybridized carbons (Fsp3) is 0.571. The van der Waals surface area contributed by atoms with Crippen molar-refractivity contribution in [2.24, 2.45) is 5.92 Å². The van der Waals surface area contributed by atoms with E-state index >= 15 is 0 Å². The van der Waals surface area contributed by atoms with Gasteiger partial charge < -0.3 is 15.0 Å². The van der Waals surface area contributed by atoms with Gasteiger partial charge >= 0.3 is 5.97 Å². The van der Waals surface area contributed by atoms with Crippen LogP contribution in [-0.2, 0) is 25.5 Å². The standard InChI is InChI=1S/C21H30N2O4/c1-2-27-20(25)16-23(21(26)18-11-7-4-8-12-18)15-19(24)22-14-13-17-9-5-3-6-10-17/h3,5-6,9-10,18H,2,4,7-8,11-16H2,1H3,(H,22,24). The van der Waals surface area contributed by atoms with Crippen LogP contribution in [0.2, 0.25) is 0 Å². The van der Waals surface area contributed by atoms with Crippen molar-refractivity contribution in [3.05, 3.63) is 35.9 Å². The molecule has 2 amide bonds. The predicted octanol–water partition coefficient (Wildman–Crippen LogP) is 2.32. The van der Waals surface area contributed by atoms with Gasteiger partial charge in [0.25, 0.3) is 0 Å². The molecule has 0 radical (unpaired) electrons. The molecule has 0 heterocycles. The van der Waals surface area contributed by atoms with E-state index in [1.807, 2.05) is 30.3 Å². The maximum Gasteiger partial charge on any atom is 0.325 e. The number of amides is 2. The zero-order valence-corrected chi connectivity index (χ0v) is 16.1. The van der Waals surface area contributed by atoms with Gasteiger partial charge in [-0.15, -0.1) is 0 Å². The van der Waals surface area contributed by atoms with Crippen molar-refractivity contribution in [1.29, 1.82) is 0 Å². The molecule has 27 heavy (non-hydrogen) atoms. The number of nitrogens with zero attached hydrogens (tertiary/aromatic N) is 1. The SMILES string of the molecule is CCOC(=O)CN(CC(=O)NCCc1ccccc1)C(=O)C1CCCCC1. The number of carbonyl (C=O) groups excluding carboxylic acids is 3. The molecule has 2 rings (SSSR count). The Balaban J connectivity index is 1.88. The van der Waals surface area contributed by atoms with Crippen LogP contribution in [0, 0.1) is 5.92 Å². The molecule has 0 atom stereocenters. The van der Waals surface area contributed by atoms with Crippen molar-refractivity contribution >= 4 is 17.8 Å². The smallest absolute Gasteiger partial charge is 0.325 e. The Morgan fingerprint density at radius 1 is 1.07 bits per heavy atom. The number of hydrogen-bond acceptors (Lipinski definition) is 4. The Hall–Kier alpha value is -2.37. The van der Waals surface area contributed by atoms with E-state index in [0.717, 1.165) is 44.1 Å². The van der Waals surface area contributed by atoms with Crippen LogP contribution in [0.5, 0.6) is 0 Å². The maximum absolute atomic E-state index is 12.8. The lowest BCUT2D eigenvalue weighted by Crippen LogP contribution is -2.46. The van der Waals surface area contributed by atoms with E-state index < -0.39 is 5.97 Å². The molecular formula is C21H30N2O4. The first-order valence-electron chi connectivity index (χ1n) is 9.85. The van der Waals surface area contributed by atoms with Crippen LogP contribution in [0.1, 0.15) is 44.6 Å². The van der Waals surface area contributed by atoms with E-state index in [9.17, 15) is 14.4 Å². The zero-order valence-electron chi connectivity index (χ0n) is 16.1. The lowest BCUT2D eigenvalue weighted by atomic mass is 9.88. The van der Waals surface area contributed by atoms with Crippen LogP contribution in [0.25, 0.3) is 0 Å². The summed E-state index contributed by atoms with van der Waals surface area (Å²) in [5.41, 5.74) is 1.14. The van der Waals surface area contributed by atoms with Gasteiger partial charge in [-0.3, -0.25) is 14.4 Å². The first kappa shape index (κ1) is 20.9. The largest absolute Gasteiger partial charge is 0.465 e. The summed E-state index contributed by atoms with van der Waals surface area (Å²) in [6.45, 7) is 2.20. The highest BCUT2D eigenvalue weighted by Crippen LogP contribution is 2.25. The summed E-state index contributed by atoms with van der Waals surface area (Å²) in [6, 6.07) is 9.88. The number of hydrogen-bond donors (Lipinski definition) is 1. The highest BCUT2D eigenvalue weighted by atomic mass is 16.5. The summed E-state index contributed by atoms with van der Waals surface area (Å²) in [5.74, 6) is -0.926. The Morgan fingerprint density at radius 2 is 1.78 bits per heavy atom. The van der Waals surface area contributed by atoms with Crippen molar-refractivity contribution in [2.75, 3.05) is 26.2 Å². The minimum absolute atomic E-state index is 0.0923. The Bertz CT molecular complexity index is 612. The monoisotopic (exact) mass is 374 g/mol. The summed E-state index contributed by atoms with van der Waals surface area (Å²) in [6.07, 6.45) is 5.56. The van der Waals surface area contributed by atoms with Crippen LogP contribution < -0.4 is 5.32 Å². The summed E-state index contributed by atoms with van der Waals surface area (Å²) < 4.78 is 4.97. The Labute approximate surface area is 161 Å². The van der Waals surface area contributed by atoms with E-state index in [0.29, 0.717) is 6.54 Å². The third-order valence-corrected chi connectivity index (χ3v) is 4.80. The van der Waals surface area contributed by atoms with Gasteiger partial charge in [0, 0.05) is 12.5 Å². The van der Waals surface area contributed by atoms with E-state index in [4.69, 9.17) is 4.74 Å². The van der Waals surface area contributed by atoms with Gasteiger partial charge in [0.15, 0.2) is 0 Å². The molecule has 0 spiro atoms. The van der Waals surface area contributed by atoms with Crippen molar-refractivity contribution in [3.63, 3.8) is 0 Å². The first-order valence-corrected chi connectivity index (χ1v) is 9.85. The molecule has 0 unspecified atom stereocenters. The normalized spacial score (nSPS) is 14.4. The van der Waals surface area contributed by atoms with Gasteiger partial charge in [0.2, 0.25) is 11.8 Å².